The molecular formula is C16H24N4O3. The van der Waals surface area contributed by atoms with E-state index >= 15 is 0 Å². The Morgan fingerprint density at radius 3 is 2.70 bits per heavy atom. The number of aliphatic hydroxyl groups excluding tert-OH is 1. The number of carboxylic acid groups (broad SMARTS) is 1. The molecule has 126 valence electrons. The van der Waals surface area contributed by atoms with Crippen molar-refractivity contribution in [3.63, 3.8) is 0 Å². The summed E-state index contributed by atoms with van der Waals surface area (Å²) in [4.78, 5) is 24.6. The first kappa shape index (κ1) is 16.0. The maximum atomic E-state index is 11.5. The van der Waals surface area contributed by atoms with Crippen LogP contribution in [0.25, 0.3) is 0 Å². The molecule has 7 heteroatoms. The molecule has 7 nitrogen and oxygen atoms in total. The Kier molecular flexibility index (Phi) is 4.66. The van der Waals surface area contributed by atoms with E-state index in [0.29, 0.717) is 18.3 Å². The van der Waals surface area contributed by atoms with Crippen molar-refractivity contribution in [2.75, 3.05) is 29.4 Å². The third kappa shape index (κ3) is 3.39. The number of β-amino-alcohol motifs (C(OH)–C–C–N with tert-alkyl or cyclic N) is 1. The Bertz CT molecular complexity index is 574. The highest BCUT2D eigenvalue weighted by Gasteiger charge is 2.37. The molecule has 0 aliphatic carbocycles. The number of hydrogen-bond donors (Lipinski definition) is 2. The van der Waals surface area contributed by atoms with E-state index in [1.165, 1.54) is 6.42 Å². The zero-order valence-corrected chi connectivity index (χ0v) is 13.5. The summed E-state index contributed by atoms with van der Waals surface area (Å²) >= 11 is 0. The molecule has 2 N–H and O–H groups in total. The monoisotopic (exact) mass is 320 g/mol. The second kappa shape index (κ2) is 6.70. The van der Waals surface area contributed by atoms with Gasteiger partial charge < -0.3 is 20.0 Å². The normalized spacial score (nSPS) is 25.0. The SMILES string of the molecule is CCc1cc(N2C[C@H](O)C[C@H]2C(=O)O)nc(N2CCCCC2)n1. The smallest absolute Gasteiger partial charge is 0.326 e. The van der Waals surface area contributed by atoms with Gasteiger partial charge in [-0.1, -0.05) is 6.92 Å². The zero-order valence-electron chi connectivity index (χ0n) is 13.5. The fraction of sp³-hybridized carbons (Fsp3) is 0.688. The van der Waals surface area contributed by atoms with Crippen LogP contribution in [0.1, 0.15) is 38.3 Å². The first-order valence-electron chi connectivity index (χ1n) is 8.39. The summed E-state index contributed by atoms with van der Waals surface area (Å²) in [7, 11) is 0. The number of aliphatic carboxylic acids is 1. The number of aryl methyl sites for hydroxylation is 1. The number of carbonyl (C=O) groups is 1. The lowest BCUT2D eigenvalue weighted by Gasteiger charge is -2.29. The molecule has 0 unspecified atom stereocenters. The first-order valence-corrected chi connectivity index (χ1v) is 8.39. The summed E-state index contributed by atoms with van der Waals surface area (Å²) in [6.45, 7) is 4.21. The van der Waals surface area contributed by atoms with Crippen LogP contribution in [-0.4, -0.2) is 57.9 Å². The molecule has 3 rings (SSSR count). The average Bonchev–Trinajstić information content (AvgIpc) is 2.97. The van der Waals surface area contributed by atoms with E-state index in [2.05, 4.69) is 14.9 Å². The zero-order chi connectivity index (χ0) is 16.4. The van der Waals surface area contributed by atoms with Crippen molar-refractivity contribution in [3.8, 4) is 0 Å². The van der Waals surface area contributed by atoms with Gasteiger partial charge in [0.05, 0.1) is 6.10 Å². The van der Waals surface area contributed by atoms with Crippen molar-refractivity contribution < 1.29 is 15.0 Å². The number of rotatable bonds is 4. The topological polar surface area (TPSA) is 89.8 Å². The van der Waals surface area contributed by atoms with E-state index in [1.807, 2.05) is 13.0 Å². The molecule has 2 atom stereocenters. The van der Waals surface area contributed by atoms with Crippen LogP contribution in [0.4, 0.5) is 11.8 Å². The van der Waals surface area contributed by atoms with Crippen LogP contribution in [0.5, 0.6) is 0 Å². The van der Waals surface area contributed by atoms with Crippen LogP contribution in [0, 0.1) is 0 Å². The largest absolute Gasteiger partial charge is 0.480 e. The number of aromatic nitrogens is 2. The first-order chi connectivity index (χ1) is 11.1. The highest BCUT2D eigenvalue weighted by molar-refractivity contribution is 5.78. The molecule has 2 fully saturated rings. The van der Waals surface area contributed by atoms with Gasteiger partial charge in [-0.15, -0.1) is 0 Å². The Labute approximate surface area is 136 Å². The fourth-order valence-electron chi connectivity index (χ4n) is 3.33. The quantitative estimate of drug-likeness (QED) is 0.857. The van der Waals surface area contributed by atoms with E-state index in [0.717, 1.165) is 38.0 Å². The molecule has 0 saturated carbocycles. The van der Waals surface area contributed by atoms with Gasteiger partial charge in [-0.2, -0.15) is 4.98 Å². The highest BCUT2D eigenvalue weighted by atomic mass is 16.4. The summed E-state index contributed by atoms with van der Waals surface area (Å²) < 4.78 is 0. The van der Waals surface area contributed by atoms with Crippen molar-refractivity contribution in [3.05, 3.63) is 11.8 Å². The van der Waals surface area contributed by atoms with Crippen LogP contribution in [0.2, 0.25) is 0 Å². The van der Waals surface area contributed by atoms with Crippen molar-refractivity contribution in [2.24, 2.45) is 0 Å². The lowest BCUT2D eigenvalue weighted by molar-refractivity contribution is -0.138. The molecule has 1 aromatic heterocycles. The van der Waals surface area contributed by atoms with E-state index < -0.39 is 18.1 Å². The third-order valence-electron chi connectivity index (χ3n) is 4.61. The van der Waals surface area contributed by atoms with Crippen molar-refractivity contribution in [1.82, 2.24) is 9.97 Å². The maximum Gasteiger partial charge on any atom is 0.326 e. The molecule has 2 saturated heterocycles. The minimum Gasteiger partial charge on any atom is -0.480 e. The number of hydrogen-bond acceptors (Lipinski definition) is 6. The van der Waals surface area contributed by atoms with Gasteiger partial charge in [-0.05, 0) is 25.7 Å². The number of aliphatic hydroxyl groups is 1. The van der Waals surface area contributed by atoms with Crippen LogP contribution < -0.4 is 9.80 Å². The predicted molar refractivity (Wildman–Crippen MR) is 86.9 cm³/mol. The standard InChI is InChI=1S/C16H24N4O3/c1-2-11-8-14(20-10-12(21)9-13(20)15(22)23)18-16(17-11)19-6-4-3-5-7-19/h8,12-13,21H,2-7,9-10H2,1H3,(H,22,23)/t12-,13+/m1/s1. The number of piperidine rings is 1. The molecule has 0 amide bonds. The lowest BCUT2D eigenvalue weighted by atomic mass is 10.1. The fourth-order valence-corrected chi connectivity index (χ4v) is 3.33. The van der Waals surface area contributed by atoms with Gasteiger partial charge in [-0.25, -0.2) is 9.78 Å². The summed E-state index contributed by atoms with van der Waals surface area (Å²) in [5.41, 5.74) is 0.904. The van der Waals surface area contributed by atoms with Crippen molar-refractivity contribution in [2.45, 2.75) is 51.2 Å². The molecule has 2 aliphatic heterocycles. The predicted octanol–water partition coefficient (Wildman–Crippen LogP) is 1.05. The third-order valence-corrected chi connectivity index (χ3v) is 4.61. The molecule has 23 heavy (non-hydrogen) atoms. The van der Waals surface area contributed by atoms with Crippen LogP contribution in [0.15, 0.2) is 6.07 Å². The Morgan fingerprint density at radius 1 is 1.30 bits per heavy atom. The van der Waals surface area contributed by atoms with E-state index in [4.69, 9.17) is 0 Å². The number of anilines is 2. The van der Waals surface area contributed by atoms with E-state index in [-0.39, 0.29) is 6.42 Å². The van der Waals surface area contributed by atoms with Crippen LogP contribution >= 0.6 is 0 Å². The Hall–Kier alpha value is -1.89. The molecule has 3 heterocycles. The summed E-state index contributed by atoms with van der Waals surface area (Å²) in [6, 6.07) is 1.13. The Morgan fingerprint density at radius 2 is 2.04 bits per heavy atom. The van der Waals surface area contributed by atoms with Gasteiger partial charge in [0.1, 0.15) is 11.9 Å². The van der Waals surface area contributed by atoms with E-state index in [9.17, 15) is 15.0 Å². The van der Waals surface area contributed by atoms with Gasteiger partial charge in [0.25, 0.3) is 0 Å². The maximum absolute atomic E-state index is 11.5. The minimum atomic E-state index is -0.919. The van der Waals surface area contributed by atoms with E-state index in [1.54, 1.807) is 4.90 Å². The average molecular weight is 320 g/mol. The molecule has 0 spiro atoms. The molecule has 0 radical (unpaired) electrons. The summed E-state index contributed by atoms with van der Waals surface area (Å²) in [5.74, 6) is 0.378. The second-order valence-electron chi connectivity index (χ2n) is 6.31. The molecule has 1 aromatic rings. The van der Waals surface area contributed by atoms with Crippen molar-refractivity contribution in [1.29, 1.82) is 0 Å². The number of carboxylic acids is 1. The lowest BCUT2D eigenvalue weighted by Crippen LogP contribution is -2.37. The summed E-state index contributed by atoms with van der Waals surface area (Å²) in [5, 5.41) is 19.3. The van der Waals surface area contributed by atoms with Crippen LogP contribution in [-0.2, 0) is 11.2 Å². The number of nitrogens with zero attached hydrogens (tertiary/aromatic N) is 4. The van der Waals surface area contributed by atoms with Gasteiger partial charge in [0.2, 0.25) is 5.95 Å². The van der Waals surface area contributed by atoms with Crippen molar-refractivity contribution >= 4 is 17.7 Å². The highest BCUT2D eigenvalue weighted by Crippen LogP contribution is 2.27. The van der Waals surface area contributed by atoms with Gasteiger partial charge in [-0.3, -0.25) is 0 Å². The molecule has 0 bridgehead atoms. The van der Waals surface area contributed by atoms with Crippen LogP contribution in [0.3, 0.4) is 0 Å². The molecule has 0 aromatic carbocycles. The van der Waals surface area contributed by atoms with Gasteiger partial charge >= 0.3 is 5.97 Å². The van der Waals surface area contributed by atoms with Gasteiger partial charge in [0, 0.05) is 37.8 Å². The second-order valence-corrected chi connectivity index (χ2v) is 6.31. The van der Waals surface area contributed by atoms with Gasteiger partial charge in [0.15, 0.2) is 0 Å². The Balaban J connectivity index is 1.93. The minimum absolute atomic E-state index is 0.236. The molecule has 2 aliphatic rings. The molecular weight excluding hydrogens is 296 g/mol. The summed E-state index contributed by atoms with van der Waals surface area (Å²) in [6.07, 6.45) is 3.87.